The minimum atomic E-state index is -0.470. The second-order valence-electron chi connectivity index (χ2n) is 7.21. The Kier molecular flexibility index (Phi) is 4.57. The van der Waals surface area contributed by atoms with Crippen LogP contribution in [0.5, 0.6) is 0 Å². The van der Waals surface area contributed by atoms with E-state index in [0.29, 0.717) is 13.0 Å². The number of rotatable bonds is 5. The Morgan fingerprint density at radius 2 is 2.00 bits per heavy atom. The highest BCUT2D eigenvalue weighted by atomic mass is 16.2. The van der Waals surface area contributed by atoms with Crippen LogP contribution in [0.25, 0.3) is 22.1 Å². The summed E-state index contributed by atoms with van der Waals surface area (Å²) in [6.07, 6.45) is 4.06. The summed E-state index contributed by atoms with van der Waals surface area (Å²) in [5, 5.41) is 4.04. The third-order valence-electron chi connectivity index (χ3n) is 5.17. The summed E-state index contributed by atoms with van der Waals surface area (Å²) in [6.45, 7) is 2.48. The van der Waals surface area contributed by atoms with E-state index in [0.717, 1.165) is 21.0 Å². The highest BCUT2D eigenvalue weighted by Gasteiger charge is 2.16. The predicted octanol–water partition coefficient (Wildman–Crippen LogP) is 0.582. The summed E-state index contributed by atoms with van der Waals surface area (Å²) in [7, 11) is 2.95. The molecule has 0 saturated heterocycles. The Labute approximate surface area is 165 Å². The van der Waals surface area contributed by atoms with E-state index in [1.165, 1.54) is 28.1 Å². The first-order valence-electron chi connectivity index (χ1n) is 9.31. The molecule has 0 saturated carbocycles. The van der Waals surface area contributed by atoms with E-state index in [2.05, 4.69) is 27.4 Å². The molecule has 0 radical (unpaired) electrons. The van der Waals surface area contributed by atoms with Crippen molar-refractivity contribution in [2.24, 2.45) is 14.1 Å². The van der Waals surface area contributed by atoms with Gasteiger partial charge in [-0.3, -0.25) is 18.7 Å². The molecule has 0 fully saturated rings. The van der Waals surface area contributed by atoms with Crippen LogP contribution < -0.4 is 16.6 Å². The van der Waals surface area contributed by atoms with Gasteiger partial charge in [0.15, 0.2) is 11.2 Å². The molecule has 0 bridgehead atoms. The first kappa shape index (κ1) is 18.7. The number of nitrogens with one attached hydrogen (secondary N) is 2. The molecule has 9 heteroatoms. The maximum absolute atomic E-state index is 12.4. The molecule has 3 heterocycles. The zero-order valence-electron chi connectivity index (χ0n) is 16.5. The monoisotopic (exact) mass is 394 g/mol. The summed E-state index contributed by atoms with van der Waals surface area (Å²) >= 11 is 0. The number of nitrogens with zero attached hydrogens (tertiary/aromatic N) is 4. The number of carbonyl (C=O) groups is 1. The lowest BCUT2D eigenvalue weighted by Crippen LogP contribution is -2.38. The van der Waals surface area contributed by atoms with Crippen molar-refractivity contribution >= 4 is 28.0 Å². The van der Waals surface area contributed by atoms with Crippen LogP contribution in [0.2, 0.25) is 0 Å². The highest BCUT2D eigenvalue weighted by Crippen LogP contribution is 2.19. The number of carbonyl (C=O) groups excluding carboxylic acids is 1. The van der Waals surface area contributed by atoms with Crippen LogP contribution in [-0.2, 0) is 31.9 Å². The topological polar surface area (TPSA) is 107 Å². The number of aromatic nitrogens is 5. The lowest BCUT2D eigenvalue weighted by Gasteiger charge is -2.08. The van der Waals surface area contributed by atoms with E-state index in [4.69, 9.17) is 0 Å². The van der Waals surface area contributed by atoms with Crippen LogP contribution >= 0.6 is 0 Å². The lowest BCUT2D eigenvalue weighted by atomic mass is 10.1. The summed E-state index contributed by atoms with van der Waals surface area (Å²) in [5.41, 5.74) is 2.97. The molecule has 29 heavy (non-hydrogen) atoms. The first-order chi connectivity index (χ1) is 13.9. The van der Waals surface area contributed by atoms with Gasteiger partial charge in [-0.2, -0.15) is 0 Å². The Bertz CT molecular complexity index is 1350. The van der Waals surface area contributed by atoms with Gasteiger partial charge >= 0.3 is 5.69 Å². The van der Waals surface area contributed by atoms with Crippen LogP contribution in [0.15, 0.2) is 40.3 Å². The van der Waals surface area contributed by atoms with Gasteiger partial charge in [0, 0.05) is 37.7 Å². The molecule has 1 amide bonds. The molecule has 4 rings (SSSR count). The number of imidazole rings is 1. The van der Waals surface area contributed by atoms with E-state index < -0.39 is 11.2 Å². The van der Waals surface area contributed by atoms with E-state index in [-0.39, 0.29) is 23.6 Å². The number of benzene rings is 1. The number of H-pyrrole nitrogens is 1. The summed E-state index contributed by atoms with van der Waals surface area (Å²) in [4.78, 5) is 44.2. The largest absolute Gasteiger partial charge is 0.361 e. The zero-order valence-corrected chi connectivity index (χ0v) is 16.5. The summed E-state index contributed by atoms with van der Waals surface area (Å²) < 4.78 is 3.78. The fourth-order valence-corrected chi connectivity index (χ4v) is 3.56. The van der Waals surface area contributed by atoms with Crippen molar-refractivity contribution in [1.82, 2.24) is 29.0 Å². The normalized spacial score (nSPS) is 11.4. The third kappa shape index (κ3) is 3.24. The van der Waals surface area contributed by atoms with Gasteiger partial charge < -0.3 is 14.9 Å². The van der Waals surface area contributed by atoms with Crippen molar-refractivity contribution in [3.63, 3.8) is 0 Å². The van der Waals surface area contributed by atoms with Crippen LogP contribution in [0.4, 0.5) is 0 Å². The second kappa shape index (κ2) is 7.08. The van der Waals surface area contributed by atoms with Crippen molar-refractivity contribution in [3.05, 3.63) is 62.7 Å². The van der Waals surface area contributed by atoms with Gasteiger partial charge in [0.1, 0.15) is 6.54 Å². The molecule has 4 aromatic rings. The van der Waals surface area contributed by atoms with Gasteiger partial charge in [0.2, 0.25) is 5.91 Å². The second-order valence-corrected chi connectivity index (χ2v) is 7.21. The Hall–Kier alpha value is -3.62. The van der Waals surface area contributed by atoms with E-state index >= 15 is 0 Å². The van der Waals surface area contributed by atoms with Gasteiger partial charge in [-0.15, -0.1) is 0 Å². The number of amides is 1. The molecule has 0 aliphatic heterocycles. The maximum atomic E-state index is 12.4. The average molecular weight is 394 g/mol. The Morgan fingerprint density at radius 1 is 1.21 bits per heavy atom. The van der Waals surface area contributed by atoms with Crippen LogP contribution in [-0.4, -0.2) is 36.1 Å². The zero-order chi connectivity index (χ0) is 20.7. The molecule has 1 aromatic carbocycles. The molecule has 0 unspecified atom stereocenters. The molecule has 0 aliphatic rings. The number of hydrogen-bond donors (Lipinski definition) is 2. The van der Waals surface area contributed by atoms with E-state index in [1.54, 1.807) is 7.05 Å². The highest BCUT2D eigenvalue weighted by molar-refractivity contribution is 5.84. The van der Waals surface area contributed by atoms with E-state index in [9.17, 15) is 14.4 Å². The SMILES string of the molecule is Cc1ccc2[nH]cc(CCNC(=O)Cn3cnc4c3c(=O)n(C)c(=O)n4C)c2c1. The fraction of sp³-hybridized carbons (Fsp3) is 0.300. The molecular formula is C20H22N6O3. The van der Waals surface area contributed by atoms with Crippen molar-refractivity contribution < 1.29 is 4.79 Å². The molecule has 2 N–H and O–H groups in total. The van der Waals surface area contributed by atoms with Gasteiger partial charge in [0.25, 0.3) is 5.56 Å². The molecule has 150 valence electrons. The molecule has 0 spiro atoms. The van der Waals surface area contributed by atoms with Crippen molar-refractivity contribution in [2.45, 2.75) is 19.9 Å². The third-order valence-corrected chi connectivity index (χ3v) is 5.17. The van der Waals surface area contributed by atoms with Gasteiger partial charge in [-0.25, -0.2) is 9.78 Å². The van der Waals surface area contributed by atoms with Crippen LogP contribution in [0.1, 0.15) is 11.1 Å². The number of aryl methyl sites for hydroxylation is 2. The molecule has 0 aliphatic carbocycles. The quantitative estimate of drug-likeness (QED) is 0.516. The number of aromatic amines is 1. The van der Waals surface area contributed by atoms with Crippen LogP contribution in [0, 0.1) is 6.92 Å². The van der Waals surface area contributed by atoms with Gasteiger partial charge in [-0.05, 0) is 31.0 Å². The van der Waals surface area contributed by atoms with Crippen LogP contribution in [0.3, 0.4) is 0 Å². The van der Waals surface area contributed by atoms with Crippen molar-refractivity contribution in [2.75, 3.05) is 6.54 Å². The number of hydrogen-bond acceptors (Lipinski definition) is 4. The standard InChI is InChI=1S/C20H22N6O3/c1-12-4-5-15-14(8-12)13(9-22-15)6-7-21-16(27)10-26-11-23-18-17(26)19(28)25(3)20(29)24(18)2/h4-5,8-9,11,22H,6-7,10H2,1-3H3,(H,21,27). The summed E-state index contributed by atoms with van der Waals surface area (Å²) in [5.74, 6) is -0.226. The Balaban J connectivity index is 1.47. The predicted molar refractivity (Wildman–Crippen MR) is 110 cm³/mol. The van der Waals surface area contributed by atoms with E-state index in [1.807, 2.05) is 19.2 Å². The smallest absolute Gasteiger partial charge is 0.332 e. The van der Waals surface area contributed by atoms with Crippen molar-refractivity contribution in [3.8, 4) is 0 Å². The maximum Gasteiger partial charge on any atom is 0.332 e. The van der Waals surface area contributed by atoms with Gasteiger partial charge in [-0.1, -0.05) is 11.6 Å². The molecule has 9 nitrogen and oxygen atoms in total. The van der Waals surface area contributed by atoms with Gasteiger partial charge in [0.05, 0.1) is 6.33 Å². The average Bonchev–Trinajstić information content (AvgIpc) is 3.29. The minimum absolute atomic E-state index is 0.0447. The Morgan fingerprint density at radius 3 is 2.79 bits per heavy atom. The minimum Gasteiger partial charge on any atom is -0.361 e. The number of fused-ring (bicyclic) bond motifs is 2. The lowest BCUT2D eigenvalue weighted by molar-refractivity contribution is -0.121. The fourth-order valence-electron chi connectivity index (χ4n) is 3.56. The molecular weight excluding hydrogens is 372 g/mol. The molecule has 3 aromatic heterocycles. The molecule has 0 atom stereocenters. The van der Waals surface area contributed by atoms with Crippen molar-refractivity contribution in [1.29, 1.82) is 0 Å². The first-order valence-corrected chi connectivity index (χ1v) is 9.31. The summed E-state index contributed by atoms with van der Waals surface area (Å²) in [6, 6.07) is 6.23.